The van der Waals surface area contributed by atoms with Crippen molar-refractivity contribution in [2.75, 3.05) is 0 Å². The van der Waals surface area contributed by atoms with Crippen molar-refractivity contribution in [3.63, 3.8) is 0 Å². The van der Waals surface area contributed by atoms with Gasteiger partial charge < -0.3 is 14.7 Å². The Kier molecular flexibility index (Phi) is 3.91. The van der Waals surface area contributed by atoms with Crippen LogP contribution >= 0.6 is 0 Å². The molecule has 0 aliphatic heterocycles. The van der Waals surface area contributed by atoms with Gasteiger partial charge in [0.05, 0.1) is 6.54 Å². The number of fused-ring (bicyclic) bond motifs is 1. The zero-order chi connectivity index (χ0) is 17.2. The van der Waals surface area contributed by atoms with Crippen molar-refractivity contribution < 1.29 is 5.11 Å². The number of benzene rings is 2. The van der Waals surface area contributed by atoms with Gasteiger partial charge in [0.2, 0.25) is 0 Å². The van der Waals surface area contributed by atoms with E-state index in [0.29, 0.717) is 17.8 Å². The van der Waals surface area contributed by atoms with Crippen molar-refractivity contribution in [3.8, 4) is 0 Å². The average Bonchev–Trinajstić information content (AvgIpc) is 3.10. The molecule has 124 valence electrons. The molecule has 0 aliphatic carbocycles. The van der Waals surface area contributed by atoms with Gasteiger partial charge in [-0.25, -0.2) is 4.98 Å². The second-order valence-electron chi connectivity index (χ2n) is 5.94. The average molecular weight is 331 g/mol. The zero-order valence-corrected chi connectivity index (χ0v) is 13.5. The number of pyridine rings is 1. The van der Waals surface area contributed by atoms with Crippen LogP contribution in [0.5, 0.6) is 0 Å². The first-order chi connectivity index (χ1) is 12.2. The number of nitrogens with one attached hydrogen (secondary N) is 1. The lowest BCUT2D eigenvalue weighted by Gasteiger charge is -2.14. The summed E-state index contributed by atoms with van der Waals surface area (Å²) in [6.07, 6.45) is 2.64. The number of imidazole rings is 1. The molecule has 2 aromatic heterocycles. The van der Waals surface area contributed by atoms with Crippen LogP contribution in [-0.4, -0.2) is 19.6 Å². The molecular weight excluding hydrogens is 314 g/mol. The molecule has 25 heavy (non-hydrogen) atoms. The highest BCUT2D eigenvalue weighted by Crippen LogP contribution is 2.21. The molecule has 4 rings (SSSR count). The molecule has 0 bridgehead atoms. The zero-order valence-electron chi connectivity index (χ0n) is 13.5. The van der Waals surface area contributed by atoms with Gasteiger partial charge in [-0.1, -0.05) is 48.5 Å². The normalized spacial score (nSPS) is 12.4. The molecule has 1 atom stereocenters. The highest BCUT2D eigenvalue weighted by molar-refractivity contribution is 5.81. The summed E-state index contributed by atoms with van der Waals surface area (Å²) < 4.78 is 1.84. The topological polar surface area (TPSA) is 70.9 Å². The Hall–Kier alpha value is -3.18. The number of aromatic nitrogens is 3. The first-order valence-electron chi connectivity index (χ1n) is 8.07. The number of aliphatic hydroxyl groups is 1. The summed E-state index contributed by atoms with van der Waals surface area (Å²) in [4.78, 5) is 19.4. The van der Waals surface area contributed by atoms with Crippen LogP contribution in [-0.2, 0) is 6.54 Å². The van der Waals surface area contributed by atoms with E-state index in [1.54, 1.807) is 18.5 Å². The molecule has 0 aliphatic rings. The molecular formula is C20H17N3O2. The number of hydrogen-bond acceptors (Lipinski definition) is 3. The number of rotatable bonds is 4. The third-order valence-corrected chi connectivity index (χ3v) is 4.26. The summed E-state index contributed by atoms with van der Waals surface area (Å²) in [6.45, 7) is 0.430. The van der Waals surface area contributed by atoms with Crippen molar-refractivity contribution in [1.82, 2.24) is 14.5 Å². The van der Waals surface area contributed by atoms with Gasteiger partial charge in [-0.05, 0) is 23.1 Å². The van der Waals surface area contributed by atoms with Crippen molar-refractivity contribution >= 4 is 10.8 Å². The Morgan fingerprint density at radius 2 is 1.84 bits per heavy atom. The number of aliphatic hydroxyl groups excluding tert-OH is 1. The van der Waals surface area contributed by atoms with Crippen LogP contribution in [0, 0.1) is 0 Å². The van der Waals surface area contributed by atoms with Crippen molar-refractivity contribution in [3.05, 3.63) is 100 Å². The smallest absolute Gasteiger partial charge is 0.256 e. The first-order valence-corrected chi connectivity index (χ1v) is 8.07. The Bertz CT molecular complexity index is 1070. The van der Waals surface area contributed by atoms with Crippen LogP contribution in [0.2, 0.25) is 0 Å². The maximum atomic E-state index is 12.2. The minimum absolute atomic E-state index is 0.113. The molecule has 2 heterocycles. The Balaban J connectivity index is 1.69. The van der Waals surface area contributed by atoms with E-state index >= 15 is 0 Å². The monoisotopic (exact) mass is 331 g/mol. The van der Waals surface area contributed by atoms with Gasteiger partial charge in [0.1, 0.15) is 11.9 Å². The van der Waals surface area contributed by atoms with E-state index in [9.17, 15) is 9.90 Å². The van der Waals surface area contributed by atoms with Crippen LogP contribution in [0.25, 0.3) is 10.8 Å². The molecule has 0 saturated heterocycles. The van der Waals surface area contributed by atoms with Gasteiger partial charge in [-0.3, -0.25) is 4.79 Å². The third-order valence-electron chi connectivity index (χ3n) is 4.26. The van der Waals surface area contributed by atoms with E-state index in [1.165, 1.54) is 0 Å². The molecule has 0 saturated carbocycles. The lowest BCUT2D eigenvalue weighted by molar-refractivity contribution is 0.205. The summed E-state index contributed by atoms with van der Waals surface area (Å²) >= 11 is 0. The van der Waals surface area contributed by atoms with Crippen molar-refractivity contribution in [2.24, 2.45) is 0 Å². The van der Waals surface area contributed by atoms with Gasteiger partial charge in [-0.15, -0.1) is 0 Å². The Morgan fingerprint density at radius 1 is 1.08 bits per heavy atom. The fraction of sp³-hybridized carbons (Fsp3) is 0.100. The summed E-state index contributed by atoms with van der Waals surface area (Å²) in [5.74, 6) is 0.542. The first kappa shape index (κ1) is 15.4. The number of nitrogens with zero attached hydrogens (tertiary/aromatic N) is 2. The summed E-state index contributed by atoms with van der Waals surface area (Å²) in [7, 11) is 0. The van der Waals surface area contributed by atoms with Crippen LogP contribution in [0.15, 0.2) is 77.9 Å². The minimum Gasteiger partial charge on any atom is -0.380 e. The maximum Gasteiger partial charge on any atom is 0.256 e. The molecule has 0 spiro atoms. The molecule has 4 aromatic rings. The van der Waals surface area contributed by atoms with Crippen LogP contribution in [0.1, 0.15) is 23.2 Å². The number of H-pyrrole nitrogens is 1. The van der Waals surface area contributed by atoms with Crippen molar-refractivity contribution in [1.29, 1.82) is 0 Å². The van der Waals surface area contributed by atoms with Crippen LogP contribution in [0.3, 0.4) is 0 Å². The highest BCUT2D eigenvalue weighted by atomic mass is 16.3. The lowest BCUT2D eigenvalue weighted by Crippen LogP contribution is -2.15. The fourth-order valence-corrected chi connectivity index (χ4v) is 3.02. The van der Waals surface area contributed by atoms with E-state index in [0.717, 1.165) is 16.6 Å². The van der Waals surface area contributed by atoms with E-state index < -0.39 is 6.10 Å². The van der Waals surface area contributed by atoms with Gasteiger partial charge in [0, 0.05) is 23.5 Å². The standard InChI is InChI=1S/C20H17N3O2/c24-18(14-6-2-1-3-7-14)19-21-10-11-23(19)13-16-12-15-8-4-5-9-17(15)20(25)22-16/h1-12,18,24H,13H2,(H,22,25). The fourth-order valence-electron chi connectivity index (χ4n) is 3.02. The molecule has 0 radical (unpaired) electrons. The quantitative estimate of drug-likeness (QED) is 0.604. The van der Waals surface area contributed by atoms with E-state index in [1.807, 2.05) is 59.2 Å². The summed E-state index contributed by atoms with van der Waals surface area (Å²) in [5.41, 5.74) is 1.43. The van der Waals surface area contributed by atoms with Crippen LogP contribution < -0.4 is 5.56 Å². The second-order valence-corrected chi connectivity index (χ2v) is 5.94. The molecule has 2 aromatic carbocycles. The predicted octanol–water partition coefficient (Wildman–Crippen LogP) is 2.85. The maximum absolute atomic E-state index is 12.2. The minimum atomic E-state index is -0.816. The van der Waals surface area contributed by atoms with Crippen molar-refractivity contribution in [2.45, 2.75) is 12.6 Å². The molecule has 0 amide bonds. The second kappa shape index (κ2) is 6.37. The van der Waals surface area contributed by atoms with Gasteiger partial charge in [-0.2, -0.15) is 0 Å². The van der Waals surface area contributed by atoms with Gasteiger partial charge >= 0.3 is 0 Å². The summed E-state index contributed by atoms with van der Waals surface area (Å²) in [6, 6.07) is 18.8. The van der Waals surface area contributed by atoms with Gasteiger partial charge in [0.25, 0.3) is 5.56 Å². The van der Waals surface area contributed by atoms with Gasteiger partial charge in [0.15, 0.2) is 0 Å². The predicted molar refractivity (Wildman–Crippen MR) is 96.4 cm³/mol. The van der Waals surface area contributed by atoms with Crippen LogP contribution in [0.4, 0.5) is 0 Å². The Labute approximate surface area is 144 Å². The largest absolute Gasteiger partial charge is 0.380 e. The van der Waals surface area contributed by atoms with E-state index in [-0.39, 0.29) is 5.56 Å². The Morgan fingerprint density at radius 3 is 2.68 bits per heavy atom. The molecule has 1 unspecified atom stereocenters. The molecule has 0 fully saturated rings. The molecule has 5 heteroatoms. The van der Waals surface area contributed by atoms with E-state index in [2.05, 4.69) is 9.97 Å². The van der Waals surface area contributed by atoms with E-state index in [4.69, 9.17) is 0 Å². The number of aromatic amines is 1. The molecule has 5 nitrogen and oxygen atoms in total. The molecule has 2 N–H and O–H groups in total. The third kappa shape index (κ3) is 2.97. The SMILES string of the molecule is O=c1[nH]c(Cn2ccnc2C(O)c2ccccc2)cc2ccccc12. The summed E-state index contributed by atoms with van der Waals surface area (Å²) in [5, 5.41) is 12.2. The number of hydrogen-bond donors (Lipinski definition) is 2. The highest BCUT2D eigenvalue weighted by Gasteiger charge is 2.16. The lowest BCUT2D eigenvalue weighted by atomic mass is 10.1.